The Balaban J connectivity index is 1.67. The molecule has 25 heavy (non-hydrogen) atoms. The van der Waals surface area contributed by atoms with Gasteiger partial charge in [0.2, 0.25) is 5.91 Å². The summed E-state index contributed by atoms with van der Waals surface area (Å²) in [4.78, 5) is 26.2. The van der Waals surface area contributed by atoms with E-state index in [0.717, 1.165) is 11.3 Å². The Labute approximate surface area is 151 Å². The van der Waals surface area contributed by atoms with Gasteiger partial charge in [-0.1, -0.05) is 54.2 Å². The molecule has 1 saturated heterocycles. The second kappa shape index (κ2) is 8.03. The molecule has 3 rings (SSSR count). The summed E-state index contributed by atoms with van der Waals surface area (Å²) in [5, 5.41) is 0.690. The third-order valence-electron chi connectivity index (χ3n) is 3.90. The van der Waals surface area contributed by atoms with Gasteiger partial charge in [-0.05, 0) is 24.6 Å². The molecule has 0 atom stereocenters. The van der Waals surface area contributed by atoms with Gasteiger partial charge in [-0.2, -0.15) is 0 Å². The third-order valence-corrected chi connectivity index (χ3v) is 4.93. The molecule has 1 aliphatic heterocycles. The number of carbonyl (C=O) groups excluding carboxylic acids is 2. The molecule has 1 amide bonds. The van der Waals surface area contributed by atoms with Crippen LogP contribution in [0.4, 0.5) is 0 Å². The second-order valence-corrected chi connectivity index (χ2v) is 6.65. The van der Waals surface area contributed by atoms with Crippen LogP contribution in [0.5, 0.6) is 5.75 Å². The number of hydrogen-bond acceptors (Lipinski definition) is 4. The maximum Gasteiger partial charge on any atom is 0.237 e. The molecular weight excluding hydrogens is 334 g/mol. The van der Waals surface area contributed by atoms with E-state index >= 15 is 0 Å². The number of hydrogen-bond donors (Lipinski definition) is 0. The van der Waals surface area contributed by atoms with E-state index in [2.05, 4.69) is 0 Å². The molecule has 1 fully saturated rings. The van der Waals surface area contributed by atoms with Crippen molar-refractivity contribution in [3.05, 3.63) is 76.8 Å². The van der Waals surface area contributed by atoms with Crippen molar-refractivity contribution in [1.29, 1.82) is 0 Å². The Morgan fingerprint density at radius 1 is 1.16 bits per heavy atom. The topological polar surface area (TPSA) is 46.6 Å². The van der Waals surface area contributed by atoms with E-state index in [1.165, 1.54) is 11.8 Å². The first kappa shape index (κ1) is 17.3. The van der Waals surface area contributed by atoms with Crippen molar-refractivity contribution in [2.45, 2.75) is 6.92 Å². The van der Waals surface area contributed by atoms with Crippen LogP contribution >= 0.6 is 11.8 Å². The number of aryl methyl sites for hydroxylation is 1. The average molecular weight is 353 g/mol. The van der Waals surface area contributed by atoms with Crippen LogP contribution in [0.3, 0.4) is 0 Å². The molecule has 1 heterocycles. The second-order valence-electron chi connectivity index (χ2n) is 5.66. The normalized spacial score (nSPS) is 15.6. The zero-order chi connectivity index (χ0) is 17.6. The Kier molecular flexibility index (Phi) is 5.56. The molecule has 0 saturated carbocycles. The summed E-state index contributed by atoms with van der Waals surface area (Å²) in [6.45, 7) is 2.71. The van der Waals surface area contributed by atoms with Crippen LogP contribution in [-0.4, -0.2) is 35.5 Å². The van der Waals surface area contributed by atoms with Gasteiger partial charge in [-0.15, -0.1) is 0 Å². The van der Waals surface area contributed by atoms with Crippen LogP contribution in [-0.2, 0) is 4.79 Å². The Morgan fingerprint density at radius 3 is 2.64 bits per heavy atom. The number of nitrogens with zero attached hydrogens (tertiary/aromatic N) is 1. The molecule has 0 N–H and O–H groups in total. The summed E-state index contributed by atoms with van der Waals surface area (Å²) in [6.07, 6.45) is 1.56. The minimum Gasteiger partial charge on any atom is -0.492 e. The molecule has 0 radical (unpaired) electrons. The van der Waals surface area contributed by atoms with Gasteiger partial charge in [0.15, 0.2) is 5.78 Å². The zero-order valence-corrected chi connectivity index (χ0v) is 14.8. The summed E-state index contributed by atoms with van der Waals surface area (Å²) in [6, 6.07) is 16.9. The first-order chi connectivity index (χ1) is 12.1. The third kappa shape index (κ3) is 4.31. The van der Waals surface area contributed by atoms with Crippen LogP contribution < -0.4 is 4.74 Å². The van der Waals surface area contributed by atoms with Crippen molar-refractivity contribution in [1.82, 2.24) is 4.90 Å². The number of para-hydroxylation sites is 1. The predicted molar refractivity (Wildman–Crippen MR) is 99.7 cm³/mol. The monoisotopic (exact) mass is 353 g/mol. The molecule has 5 heteroatoms. The molecule has 4 nitrogen and oxygen atoms in total. The van der Waals surface area contributed by atoms with Crippen LogP contribution in [0, 0.1) is 6.92 Å². The molecule has 0 spiro atoms. The molecule has 2 aromatic carbocycles. The minimum absolute atomic E-state index is 0.00509. The Morgan fingerprint density at radius 2 is 1.88 bits per heavy atom. The summed E-state index contributed by atoms with van der Waals surface area (Å²) in [5.41, 5.74) is 1.59. The number of ether oxygens (including phenoxy) is 1. The molecule has 0 aromatic heterocycles. The zero-order valence-electron chi connectivity index (χ0n) is 14.0. The first-order valence-electron chi connectivity index (χ1n) is 8.08. The van der Waals surface area contributed by atoms with Crippen molar-refractivity contribution >= 4 is 23.5 Å². The summed E-state index contributed by atoms with van der Waals surface area (Å²) >= 11 is 1.39. The van der Waals surface area contributed by atoms with E-state index in [1.807, 2.05) is 55.5 Å². The highest BCUT2D eigenvalue weighted by molar-refractivity contribution is 8.04. The van der Waals surface area contributed by atoms with Crippen LogP contribution in [0.25, 0.3) is 0 Å². The van der Waals surface area contributed by atoms with Crippen molar-refractivity contribution < 1.29 is 14.3 Å². The number of benzene rings is 2. The SMILES string of the molecule is Cc1ccccc1C(=O)/C=C1\SCC(=O)N1CCOc1ccccc1. The highest BCUT2D eigenvalue weighted by atomic mass is 32.2. The van der Waals surface area contributed by atoms with Crippen LogP contribution in [0.1, 0.15) is 15.9 Å². The van der Waals surface area contributed by atoms with Gasteiger partial charge < -0.3 is 9.64 Å². The number of carbonyl (C=O) groups is 2. The van der Waals surface area contributed by atoms with E-state index in [9.17, 15) is 9.59 Å². The number of ketones is 1. The van der Waals surface area contributed by atoms with Gasteiger partial charge in [-0.3, -0.25) is 9.59 Å². The maximum absolute atomic E-state index is 12.5. The van der Waals surface area contributed by atoms with Gasteiger partial charge in [0, 0.05) is 11.6 Å². The van der Waals surface area contributed by atoms with E-state index in [-0.39, 0.29) is 11.7 Å². The Bertz CT molecular complexity index is 802. The van der Waals surface area contributed by atoms with Gasteiger partial charge in [0.05, 0.1) is 17.3 Å². The van der Waals surface area contributed by atoms with Gasteiger partial charge >= 0.3 is 0 Å². The fourth-order valence-electron chi connectivity index (χ4n) is 2.58. The first-order valence-corrected chi connectivity index (χ1v) is 9.06. The van der Waals surface area contributed by atoms with Gasteiger partial charge in [-0.25, -0.2) is 0 Å². The van der Waals surface area contributed by atoms with Crippen molar-refractivity contribution in [2.24, 2.45) is 0 Å². The fourth-order valence-corrected chi connectivity index (χ4v) is 3.55. The lowest BCUT2D eigenvalue weighted by Gasteiger charge is -2.17. The summed E-state index contributed by atoms with van der Waals surface area (Å²) < 4.78 is 5.66. The van der Waals surface area contributed by atoms with E-state index in [1.54, 1.807) is 17.0 Å². The van der Waals surface area contributed by atoms with Crippen molar-refractivity contribution in [2.75, 3.05) is 18.9 Å². The van der Waals surface area contributed by atoms with Crippen molar-refractivity contribution in [3.8, 4) is 5.75 Å². The highest BCUT2D eigenvalue weighted by Crippen LogP contribution is 2.29. The molecule has 1 aliphatic rings. The van der Waals surface area contributed by atoms with Gasteiger partial charge in [0.1, 0.15) is 12.4 Å². The number of amides is 1. The highest BCUT2D eigenvalue weighted by Gasteiger charge is 2.27. The lowest BCUT2D eigenvalue weighted by Crippen LogP contribution is -2.29. The smallest absolute Gasteiger partial charge is 0.237 e. The molecule has 128 valence electrons. The fraction of sp³-hybridized carbons (Fsp3) is 0.200. The van der Waals surface area contributed by atoms with Crippen LogP contribution in [0.2, 0.25) is 0 Å². The van der Waals surface area contributed by atoms with E-state index < -0.39 is 0 Å². The Hall–Kier alpha value is -2.53. The summed E-state index contributed by atoms with van der Waals surface area (Å²) in [5.74, 6) is 1.05. The van der Waals surface area contributed by atoms with Crippen LogP contribution in [0.15, 0.2) is 65.7 Å². The number of rotatable bonds is 6. The summed E-state index contributed by atoms with van der Waals surface area (Å²) in [7, 11) is 0. The minimum atomic E-state index is -0.0794. The molecule has 0 unspecified atom stereocenters. The quantitative estimate of drug-likeness (QED) is 0.587. The largest absolute Gasteiger partial charge is 0.492 e. The van der Waals surface area contributed by atoms with E-state index in [4.69, 9.17) is 4.74 Å². The number of allylic oxidation sites excluding steroid dienone is 1. The number of thioether (sulfide) groups is 1. The lowest BCUT2D eigenvalue weighted by atomic mass is 10.1. The van der Waals surface area contributed by atoms with E-state index in [0.29, 0.717) is 29.5 Å². The lowest BCUT2D eigenvalue weighted by molar-refractivity contribution is -0.125. The molecule has 0 bridgehead atoms. The molecule has 2 aromatic rings. The average Bonchev–Trinajstić information content (AvgIpc) is 2.96. The predicted octanol–water partition coefficient (Wildman–Crippen LogP) is 3.67. The molecule has 0 aliphatic carbocycles. The van der Waals surface area contributed by atoms with Gasteiger partial charge in [0.25, 0.3) is 0 Å². The molecular formula is C20H19NO3S. The van der Waals surface area contributed by atoms with Crippen molar-refractivity contribution in [3.63, 3.8) is 0 Å². The maximum atomic E-state index is 12.5. The standard InChI is InChI=1S/C20H19NO3S/c1-15-7-5-6-10-17(15)18(22)13-20-21(19(23)14-25-20)11-12-24-16-8-3-2-4-9-16/h2-10,13H,11-12,14H2,1H3/b20-13-.